The third-order valence-electron chi connectivity index (χ3n) is 2.70. The number of rotatable bonds is 6. The van der Waals surface area contributed by atoms with Crippen molar-refractivity contribution in [3.05, 3.63) is 33.9 Å². The second-order valence-electron chi connectivity index (χ2n) is 4.92. The number of nitrogens with zero attached hydrogens (tertiary/aromatic N) is 1. The number of anilines is 1. The highest BCUT2D eigenvalue weighted by Gasteiger charge is 2.27. The third kappa shape index (κ3) is 3.87. The molecule has 0 atom stereocenters. The van der Waals surface area contributed by atoms with Crippen molar-refractivity contribution >= 4 is 17.3 Å². The van der Waals surface area contributed by atoms with Crippen LogP contribution >= 0.6 is 0 Å². The molecule has 6 nitrogen and oxygen atoms in total. The van der Waals surface area contributed by atoms with Crippen LogP contribution in [0.2, 0.25) is 0 Å². The van der Waals surface area contributed by atoms with Crippen molar-refractivity contribution in [1.82, 2.24) is 0 Å². The highest BCUT2D eigenvalue weighted by molar-refractivity contribution is 5.67. The Labute approximate surface area is 113 Å². The van der Waals surface area contributed by atoms with Crippen LogP contribution in [0, 0.1) is 21.7 Å². The number of carbonyl (C=O) groups is 1. The van der Waals surface area contributed by atoms with Gasteiger partial charge in [0.15, 0.2) is 17.3 Å². The molecular formula is C12H14F2N2O4. The van der Waals surface area contributed by atoms with E-state index in [1.807, 2.05) is 0 Å². The fourth-order valence-electron chi connectivity index (χ4n) is 1.63. The number of nitrogens with one attached hydrogen (secondary N) is 1. The summed E-state index contributed by atoms with van der Waals surface area (Å²) < 4.78 is 26.9. The summed E-state index contributed by atoms with van der Waals surface area (Å²) in [6.45, 7) is 3.09. The number of benzene rings is 1. The van der Waals surface area contributed by atoms with Crippen LogP contribution in [0.3, 0.4) is 0 Å². The van der Waals surface area contributed by atoms with Gasteiger partial charge in [0.05, 0.1) is 4.92 Å². The largest absolute Gasteiger partial charge is 0.481 e. The first-order valence-electron chi connectivity index (χ1n) is 5.76. The van der Waals surface area contributed by atoms with Crippen LogP contribution in [0.4, 0.5) is 20.2 Å². The van der Waals surface area contributed by atoms with Gasteiger partial charge in [0.25, 0.3) is 5.69 Å². The van der Waals surface area contributed by atoms with E-state index >= 15 is 0 Å². The Morgan fingerprint density at radius 1 is 1.45 bits per heavy atom. The molecule has 8 heteroatoms. The summed E-state index contributed by atoms with van der Waals surface area (Å²) in [6.07, 6.45) is -0.111. The zero-order valence-electron chi connectivity index (χ0n) is 10.9. The fourth-order valence-corrected chi connectivity index (χ4v) is 1.63. The predicted molar refractivity (Wildman–Crippen MR) is 67.6 cm³/mol. The van der Waals surface area contributed by atoms with Crippen LogP contribution in [0.15, 0.2) is 12.1 Å². The molecule has 1 aromatic carbocycles. The molecule has 2 N–H and O–H groups in total. The number of nitro benzene ring substituents is 1. The Kier molecular flexibility index (Phi) is 4.59. The maximum Gasteiger partial charge on any atom is 0.303 e. The van der Waals surface area contributed by atoms with Gasteiger partial charge < -0.3 is 10.4 Å². The molecule has 0 aliphatic heterocycles. The van der Waals surface area contributed by atoms with Crippen molar-refractivity contribution in [3.8, 4) is 0 Å². The molecule has 20 heavy (non-hydrogen) atoms. The molecule has 0 bridgehead atoms. The first-order chi connectivity index (χ1) is 9.14. The number of carboxylic acids is 1. The molecule has 0 saturated heterocycles. The summed E-state index contributed by atoms with van der Waals surface area (Å²) >= 11 is 0. The quantitative estimate of drug-likeness (QED) is 0.620. The van der Waals surface area contributed by atoms with Crippen molar-refractivity contribution in [3.63, 3.8) is 0 Å². The Balaban J connectivity index is 3.09. The minimum Gasteiger partial charge on any atom is -0.481 e. The highest BCUT2D eigenvalue weighted by atomic mass is 19.2. The van der Waals surface area contributed by atoms with Gasteiger partial charge in [0.1, 0.15) is 0 Å². The van der Waals surface area contributed by atoms with E-state index in [-0.39, 0.29) is 12.8 Å². The summed E-state index contributed by atoms with van der Waals surface area (Å²) in [4.78, 5) is 20.5. The van der Waals surface area contributed by atoms with Crippen LogP contribution in [0.1, 0.15) is 26.7 Å². The second kappa shape index (κ2) is 5.81. The molecule has 0 radical (unpaired) electrons. The molecular weight excluding hydrogens is 274 g/mol. The topological polar surface area (TPSA) is 92.5 Å². The lowest BCUT2D eigenvalue weighted by Gasteiger charge is -2.27. The molecule has 0 aliphatic rings. The van der Waals surface area contributed by atoms with Gasteiger partial charge in [0.2, 0.25) is 0 Å². The molecule has 1 rings (SSSR count). The van der Waals surface area contributed by atoms with E-state index in [1.54, 1.807) is 13.8 Å². The number of nitro groups is 1. The number of halogens is 2. The van der Waals surface area contributed by atoms with E-state index in [0.29, 0.717) is 6.07 Å². The molecule has 0 saturated carbocycles. The molecule has 0 amide bonds. The molecule has 0 spiro atoms. The van der Waals surface area contributed by atoms with Gasteiger partial charge in [-0.1, -0.05) is 0 Å². The predicted octanol–water partition coefficient (Wildman–Crippen LogP) is 2.93. The van der Waals surface area contributed by atoms with Gasteiger partial charge in [-0.05, 0) is 26.3 Å². The maximum absolute atomic E-state index is 13.7. The normalized spacial score (nSPS) is 11.2. The van der Waals surface area contributed by atoms with Gasteiger partial charge in [-0.2, -0.15) is 0 Å². The van der Waals surface area contributed by atoms with Crippen molar-refractivity contribution in [1.29, 1.82) is 0 Å². The maximum atomic E-state index is 13.7. The summed E-state index contributed by atoms with van der Waals surface area (Å²) in [5.74, 6) is -3.62. The Morgan fingerprint density at radius 2 is 2.05 bits per heavy atom. The van der Waals surface area contributed by atoms with Crippen LogP contribution in [-0.4, -0.2) is 21.5 Å². The van der Waals surface area contributed by atoms with Gasteiger partial charge in [-0.3, -0.25) is 14.9 Å². The lowest BCUT2D eigenvalue weighted by atomic mass is 9.97. The number of aliphatic carboxylic acids is 1. The van der Waals surface area contributed by atoms with Gasteiger partial charge in [0, 0.05) is 18.0 Å². The second-order valence-corrected chi connectivity index (χ2v) is 4.92. The summed E-state index contributed by atoms with van der Waals surface area (Å²) in [6, 6.07) is 1.52. The summed E-state index contributed by atoms with van der Waals surface area (Å²) in [5.41, 5.74) is -2.13. The molecule has 0 aliphatic carbocycles. The van der Waals surface area contributed by atoms with Crippen LogP contribution in [-0.2, 0) is 4.79 Å². The molecule has 0 unspecified atom stereocenters. The molecule has 110 valence electrons. The lowest BCUT2D eigenvalue weighted by molar-refractivity contribution is -0.384. The molecule has 0 heterocycles. The van der Waals surface area contributed by atoms with Gasteiger partial charge in [-0.15, -0.1) is 0 Å². The Hall–Kier alpha value is -2.25. The molecule has 0 aromatic heterocycles. The van der Waals surface area contributed by atoms with Gasteiger partial charge >= 0.3 is 5.97 Å². The highest BCUT2D eigenvalue weighted by Crippen LogP contribution is 2.32. The van der Waals surface area contributed by atoms with Crippen LogP contribution < -0.4 is 5.32 Å². The average molecular weight is 288 g/mol. The van der Waals surface area contributed by atoms with E-state index in [0.717, 1.165) is 6.07 Å². The standard InChI is InChI=1S/C12H14F2N2O4/c1-12(2,6-5-9(17)18)15-11-8(16(19)20)4-3-7(13)10(11)14/h3-4,15H,5-6H2,1-2H3,(H,17,18). The summed E-state index contributed by atoms with van der Waals surface area (Å²) in [5, 5.41) is 21.9. The van der Waals surface area contributed by atoms with E-state index in [2.05, 4.69) is 5.32 Å². The Bertz CT molecular complexity index is 547. The van der Waals surface area contributed by atoms with Crippen molar-refractivity contribution in [2.45, 2.75) is 32.2 Å². The van der Waals surface area contributed by atoms with Crippen LogP contribution in [0.5, 0.6) is 0 Å². The van der Waals surface area contributed by atoms with Crippen molar-refractivity contribution in [2.24, 2.45) is 0 Å². The molecule has 1 aromatic rings. The van der Waals surface area contributed by atoms with Crippen LogP contribution in [0.25, 0.3) is 0 Å². The van der Waals surface area contributed by atoms with E-state index in [9.17, 15) is 23.7 Å². The minimum absolute atomic E-state index is 0.0927. The third-order valence-corrected chi connectivity index (χ3v) is 2.70. The van der Waals surface area contributed by atoms with Gasteiger partial charge in [-0.25, -0.2) is 8.78 Å². The number of hydrogen-bond donors (Lipinski definition) is 2. The first kappa shape index (κ1) is 15.8. The lowest BCUT2D eigenvalue weighted by Crippen LogP contribution is -2.32. The monoisotopic (exact) mass is 288 g/mol. The number of carboxylic acid groups (broad SMARTS) is 1. The van der Waals surface area contributed by atoms with E-state index in [4.69, 9.17) is 5.11 Å². The fraction of sp³-hybridized carbons (Fsp3) is 0.417. The smallest absolute Gasteiger partial charge is 0.303 e. The number of hydrogen-bond acceptors (Lipinski definition) is 4. The minimum atomic E-state index is -1.36. The average Bonchev–Trinajstić information content (AvgIpc) is 2.32. The van der Waals surface area contributed by atoms with Crippen molar-refractivity contribution < 1.29 is 23.6 Å². The summed E-state index contributed by atoms with van der Waals surface area (Å²) in [7, 11) is 0. The zero-order valence-corrected chi connectivity index (χ0v) is 10.9. The SMILES string of the molecule is CC(C)(CCC(=O)O)Nc1c([N+](=O)[O-])ccc(F)c1F. The van der Waals surface area contributed by atoms with E-state index < -0.39 is 39.4 Å². The van der Waals surface area contributed by atoms with E-state index in [1.165, 1.54) is 0 Å². The zero-order chi connectivity index (χ0) is 15.5. The van der Waals surface area contributed by atoms with Crippen molar-refractivity contribution in [2.75, 3.05) is 5.32 Å². The first-order valence-corrected chi connectivity index (χ1v) is 5.76. The molecule has 0 fully saturated rings. The Morgan fingerprint density at radius 3 is 2.55 bits per heavy atom.